The van der Waals surface area contributed by atoms with E-state index in [0.717, 1.165) is 6.42 Å². The van der Waals surface area contributed by atoms with Crippen LogP contribution in [0, 0.1) is 0 Å². The highest BCUT2D eigenvalue weighted by atomic mass is 16.3. The van der Waals surface area contributed by atoms with Gasteiger partial charge < -0.3 is 20.4 Å². The van der Waals surface area contributed by atoms with Gasteiger partial charge >= 0.3 is 0 Å². The molecule has 0 aromatic rings. The zero-order valence-corrected chi connectivity index (χ0v) is 10.9. The average Bonchev–Trinajstić information content (AvgIpc) is 2.28. The molecule has 4 nitrogen and oxygen atoms in total. The fourth-order valence-electron chi connectivity index (χ4n) is 1.08. The largest absolute Gasteiger partial charge is 0.391 e. The maximum absolute atomic E-state index is 8.88. The van der Waals surface area contributed by atoms with E-state index in [2.05, 4.69) is 0 Å². The van der Waals surface area contributed by atoms with Crippen LogP contribution < -0.4 is 0 Å². The standard InChI is InChI=1S/2C6H14O2/c1-3-4-6(8)5(2)7;1-3-5(7)6(8)4-2/h2*5-8H,3-4H2,1-2H3. The molecule has 100 valence electrons. The van der Waals surface area contributed by atoms with E-state index in [1.165, 1.54) is 0 Å². The van der Waals surface area contributed by atoms with Crippen LogP contribution in [0.15, 0.2) is 0 Å². The van der Waals surface area contributed by atoms with Gasteiger partial charge in [0.25, 0.3) is 0 Å². The van der Waals surface area contributed by atoms with Gasteiger partial charge in [-0.15, -0.1) is 0 Å². The predicted octanol–water partition coefficient (Wildman–Crippen LogP) is 1.06. The first-order valence-electron chi connectivity index (χ1n) is 6.12. The summed E-state index contributed by atoms with van der Waals surface area (Å²) >= 11 is 0. The van der Waals surface area contributed by atoms with Crippen molar-refractivity contribution in [1.29, 1.82) is 0 Å². The number of hydrogen-bond acceptors (Lipinski definition) is 4. The fraction of sp³-hybridized carbons (Fsp3) is 1.00. The van der Waals surface area contributed by atoms with Gasteiger partial charge in [-0.2, -0.15) is 0 Å². The van der Waals surface area contributed by atoms with Gasteiger partial charge in [0.1, 0.15) is 0 Å². The highest BCUT2D eigenvalue weighted by Gasteiger charge is 2.09. The van der Waals surface area contributed by atoms with Crippen LogP contribution in [0.1, 0.15) is 53.4 Å². The second kappa shape index (κ2) is 11.3. The van der Waals surface area contributed by atoms with Gasteiger partial charge in [-0.25, -0.2) is 0 Å². The summed E-state index contributed by atoms with van der Waals surface area (Å²) in [5.41, 5.74) is 0. The van der Waals surface area contributed by atoms with Crippen molar-refractivity contribution in [3.05, 3.63) is 0 Å². The van der Waals surface area contributed by atoms with Gasteiger partial charge in [-0.05, 0) is 26.2 Å². The van der Waals surface area contributed by atoms with Crippen LogP contribution in [0.25, 0.3) is 0 Å². The van der Waals surface area contributed by atoms with Gasteiger partial charge in [0, 0.05) is 0 Å². The normalized spacial score (nSPS) is 18.0. The van der Waals surface area contributed by atoms with Gasteiger partial charge in [0.2, 0.25) is 0 Å². The molecule has 0 radical (unpaired) electrons. The summed E-state index contributed by atoms with van der Waals surface area (Å²) in [4.78, 5) is 0. The quantitative estimate of drug-likeness (QED) is 0.556. The molecule has 4 heteroatoms. The summed E-state index contributed by atoms with van der Waals surface area (Å²) in [7, 11) is 0. The Morgan fingerprint density at radius 1 is 0.750 bits per heavy atom. The second-order valence-corrected chi connectivity index (χ2v) is 4.05. The van der Waals surface area contributed by atoms with Crippen LogP contribution in [0.5, 0.6) is 0 Å². The molecule has 4 atom stereocenters. The molecule has 0 saturated carbocycles. The monoisotopic (exact) mass is 236 g/mol. The highest BCUT2D eigenvalue weighted by molar-refractivity contribution is 4.61. The van der Waals surface area contributed by atoms with Crippen LogP contribution in [-0.4, -0.2) is 44.8 Å². The first-order valence-corrected chi connectivity index (χ1v) is 6.12. The minimum absolute atomic E-state index is 0.528. The zero-order chi connectivity index (χ0) is 13.1. The fourth-order valence-corrected chi connectivity index (χ4v) is 1.08. The summed E-state index contributed by atoms with van der Waals surface area (Å²) in [6.45, 7) is 7.28. The molecule has 4 unspecified atom stereocenters. The lowest BCUT2D eigenvalue weighted by Gasteiger charge is -2.12. The third-order valence-electron chi connectivity index (χ3n) is 2.42. The number of rotatable bonds is 6. The Morgan fingerprint density at radius 2 is 1.12 bits per heavy atom. The maximum atomic E-state index is 8.88. The average molecular weight is 236 g/mol. The molecule has 0 aromatic heterocycles. The van der Waals surface area contributed by atoms with E-state index >= 15 is 0 Å². The Hall–Kier alpha value is -0.160. The van der Waals surface area contributed by atoms with Crippen molar-refractivity contribution >= 4 is 0 Å². The molecule has 0 heterocycles. The van der Waals surface area contributed by atoms with Crippen LogP contribution in [0.3, 0.4) is 0 Å². The van der Waals surface area contributed by atoms with Crippen LogP contribution in [0.4, 0.5) is 0 Å². The molecule has 0 aromatic carbocycles. The molecule has 0 aliphatic heterocycles. The Kier molecular flexibility index (Phi) is 12.9. The van der Waals surface area contributed by atoms with Crippen molar-refractivity contribution in [3.63, 3.8) is 0 Å². The Morgan fingerprint density at radius 3 is 1.25 bits per heavy atom. The topological polar surface area (TPSA) is 80.9 Å². The second-order valence-electron chi connectivity index (χ2n) is 4.05. The molecule has 0 rings (SSSR count). The van der Waals surface area contributed by atoms with Gasteiger partial charge in [0.15, 0.2) is 0 Å². The molecule has 16 heavy (non-hydrogen) atoms. The van der Waals surface area contributed by atoms with E-state index in [0.29, 0.717) is 19.3 Å². The Labute approximate surface area is 98.9 Å². The summed E-state index contributed by atoms with van der Waals surface area (Å²) in [6.07, 6.45) is 0.725. The molecule has 0 saturated heterocycles. The third-order valence-corrected chi connectivity index (χ3v) is 2.42. The molecular formula is C12H28O4. The van der Waals surface area contributed by atoms with E-state index < -0.39 is 24.4 Å². The summed E-state index contributed by atoms with van der Waals surface area (Å²) in [6, 6.07) is 0. The third kappa shape index (κ3) is 10.4. The Bertz CT molecular complexity index is 131. The lowest BCUT2D eigenvalue weighted by molar-refractivity contribution is 0.0157. The number of aliphatic hydroxyl groups is 4. The highest BCUT2D eigenvalue weighted by Crippen LogP contribution is 2.00. The lowest BCUT2D eigenvalue weighted by Crippen LogP contribution is -2.23. The van der Waals surface area contributed by atoms with E-state index in [1.54, 1.807) is 6.92 Å². The van der Waals surface area contributed by atoms with Crippen molar-refractivity contribution < 1.29 is 20.4 Å². The molecule has 0 spiro atoms. The van der Waals surface area contributed by atoms with Crippen molar-refractivity contribution in [2.45, 2.75) is 77.8 Å². The van der Waals surface area contributed by atoms with Crippen molar-refractivity contribution in [2.24, 2.45) is 0 Å². The maximum Gasteiger partial charge on any atom is 0.0796 e. The molecule has 0 amide bonds. The van der Waals surface area contributed by atoms with Gasteiger partial charge in [-0.1, -0.05) is 27.2 Å². The zero-order valence-electron chi connectivity index (χ0n) is 10.9. The molecule has 0 fully saturated rings. The first kappa shape index (κ1) is 18.2. The molecular weight excluding hydrogens is 208 g/mol. The predicted molar refractivity (Wildman–Crippen MR) is 65.2 cm³/mol. The molecule has 0 aliphatic rings. The number of aliphatic hydroxyl groups excluding tert-OH is 4. The first-order chi connectivity index (χ1) is 7.40. The Balaban J connectivity index is 0. The van der Waals surface area contributed by atoms with E-state index in [1.807, 2.05) is 20.8 Å². The van der Waals surface area contributed by atoms with E-state index in [-0.39, 0.29) is 0 Å². The van der Waals surface area contributed by atoms with Crippen LogP contribution in [0.2, 0.25) is 0 Å². The smallest absolute Gasteiger partial charge is 0.0796 e. The van der Waals surface area contributed by atoms with E-state index in [9.17, 15) is 0 Å². The van der Waals surface area contributed by atoms with E-state index in [4.69, 9.17) is 20.4 Å². The van der Waals surface area contributed by atoms with Crippen molar-refractivity contribution in [1.82, 2.24) is 0 Å². The number of hydrogen-bond donors (Lipinski definition) is 4. The van der Waals surface area contributed by atoms with Crippen molar-refractivity contribution in [3.8, 4) is 0 Å². The minimum atomic E-state index is -0.574. The van der Waals surface area contributed by atoms with Gasteiger partial charge in [0.05, 0.1) is 24.4 Å². The molecule has 0 bridgehead atoms. The molecule has 4 N–H and O–H groups in total. The minimum Gasteiger partial charge on any atom is -0.391 e. The van der Waals surface area contributed by atoms with Crippen LogP contribution >= 0.6 is 0 Å². The molecule has 0 aliphatic carbocycles. The van der Waals surface area contributed by atoms with Crippen molar-refractivity contribution in [2.75, 3.05) is 0 Å². The van der Waals surface area contributed by atoms with Gasteiger partial charge in [-0.3, -0.25) is 0 Å². The summed E-state index contributed by atoms with van der Waals surface area (Å²) in [5.74, 6) is 0. The lowest BCUT2D eigenvalue weighted by atomic mass is 10.1. The summed E-state index contributed by atoms with van der Waals surface area (Å²) < 4.78 is 0. The van der Waals surface area contributed by atoms with Crippen LogP contribution in [-0.2, 0) is 0 Å². The summed E-state index contributed by atoms with van der Waals surface area (Å²) in [5, 5.41) is 35.3. The SMILES string of the molecule is CCC(O)C(O)CC.CCCC(O)C(C)O.